The molecule has 33 heavy (non-hydrogen) atoms. The molecule has 11 heteroatoms. The predicted molar refractivity (Wildman–Crippen MR) is 129 cm³/mol. The summed E-state index contributed by atoms with van der Waals surface area (Å²) in [7, 11) is 3.31. The smallest absolute Gasteiger partial charge is 0.294 e. The van der Waals surface area contributed by atoms with E-state index >= 15 is 0 Å². The van der Waals surface area contributed by atoms with Crippen LogP contribution in [0.2, 0.25) is 15.1 Å². The van der Waals surface area contributed by atoms with Crippen molar-refractivity contribution in [2.75, 3.05) is 14.1 Å². The Hall–Kier alpha value is -1.58. The Bertz CT molecular complexity index is 1050. The monoisotopic (exact) mass is 584 g/mol. The Labute approximate surface area is 212 Å². The molecule has 0 aliphatic carbocycles. The van der Waals surface area contributed by atoms with E-state index in [0.29, 0.717) is 15.6 Å². The van der Waals surface area contributed by atoms with Crippen LogP contribution in [-0.2, 0) is 4.79 Å². The lowest BCUT2D eigenvalue weighted by molar-refractivity contribution is -0.139. The molecule has 0 fully saturated rings. The van der Waals surface area contributed by atoms with Crippen molar-refractivity contribution in [2.24, 2.45) is 0 Å². The van der Waals surface area contributed by atoms with Crippen LogP contribution >= 0.6 is 50.7 Å². The van der Waals surface area contributed by atoms with Gasteiger partial charge in [-0.25, -0.2) is 5.01 Å². The molecule has 0 bridgehead atoms. The number of alkyl halides is 3. The third-order valence-electron chi connectivity index (χ3n) is 4.42. The van der Waals surface area contributed by atoms with E-state index in [2.05, 4.69) is 21.4 Å². The van der Waals surface area contributed by atoms with Gasteiger partial charge in [0.15, 0.2) is 5.78 Å². The van der Waals surface area contributed by atoms with Crippen LogP contribution < -0.4 is 5.43 Å². The number of nitrogens with one attached hydrogen (secondary N) is 1. The van der Waals surface area contributed by atoms with Crippen LogP contribution in [0.4, 0.5) is 13.2 Å². The Kier molecular flexibility index (Phi) is 9.82. The van der Waals surface area contributed by atoms with Crippen LogP contribution in [0.25, 0.3) is 6.08 Å². The van der Waals surface area contributed by atoms with Crippen molar-refractivity contribution < 1.29 is 22.8 Å². The lowest BCUT2D eigenvalue weighted by atomic mass is 9.96. The van der Waals surface area contributed by atoms with Crippen molar-refractivity contribution in [3.63, 3.8) is 0 Å². The van der Waals surface area contributed by atoms with Gasteiger partial charge in [-0.15, -0.1) is 0 Å². The Morgan fingerprint density at radius 2 is 1.70 bits per heavy atom. The van der Waals surface area contributed by atoms with E-state index in [1.165, 1.54) is 29.3 Å². The summed E-state index contributed by atoms with van der Waals surface area (Å²) in [5.41, 5.74) is 3.15. The number of hydrazine groups is 1. The number of hydrogen-bond acceptors (Lipinski definition) is 3. The Balaban J connectivity index is 2.21. The van der Waals surface area contributed by atoms with Gasteiger partial charge in [0.2, 0.25) is 5.91 Å². The number of allylic oxidation sites excluding steroid dienone is 1. The second-order valence-corrected chi connectivity index (χ2v) is 9.32. The number of Topliss-reactive ketones (excluding diaryl/α,β-unsaturated/α-hetero) is 1. The second kappa shape index (κ2) is 11.7. The summed E-state index contributed by atoms with van der Waals surface area (Å²) in [6.07, 6.45) is -2.34. The summed E-state index contributed by atoms with van der Waals surface area (Å²) in [6.45, 7) is 0. The number of nitrogens with zero attached hydrogens (tertiary/aromatic N) is 1. The summed E-state index contributed by atoms with van der Waals surface area (Å²) >= 11 is 20.9. The summed E-state index contributed by atoms with van der Waals surface area (Å²) in [6, 6.07) is 6.79. The number of hydrogen-bond donors (Lipinski definition) is 1. The lowest BCUT2D eigenvalue weighted by Gasteiger charge is -2.18. The minimum Gasteiger partial charge on any atom is -0.294 e. The summed E-state index contributed by atoms with van der Waals surface area (Å²) in [5.74, 6) is -2.55. The van der Waals surface area contributed by atoms with E-state index in [1.54, 1.807) is 14.1 Å². The van der Waals surface area contributed by atoms with Gasteiger partial charge >= 0.3 is 6.18 Å². The minimum absolute atomic E-state index is 0.00455. The molecule has 0 aliphatic heterocycles. The molecule has 0 aromatic heterocycles. The number of amides is 1. The molecule has 1 N–H and O–H groups in total. The number of benzene rings is 2. The third-order valence-corrected chi connectivity index (χ3v) is 6.27. The van der Waals surface area contributed by atoms with Gasteiger partial charge in [-0.05, 0) is 35.4 Å². The van der Waals surface area contributed by atoms with E-state index in [9.17, 15) is 22.8 Å². The Morgan fingerprint density at radius 3 is 2.21 bits per heavy atom. The first kappa shape index (κ1) is 27.7. The molecule has 0 aliphatic rings. The van der Waals surface area contributed by atoms with Crippen molar-refractivity contribution in [2.45, 2.75) is 24.9 Å². The number of carbonyl (C=O) groups excluding carboxylic acids is 2. The number of halogens is 7. The first-order chi connectivity index (χ1) is 15.3. The largest absolute Gasteiger partial charge is 0.399 e. The molecule has 1 unspecified atom stereocenters. The average molecular weight is 587 g/mol. The molecule has 0 spiro atoms. The highest BCUT2D eigenvalue weighted by Gasteiger charge is 2.39. The summed E-state index contributed by atoms with van der Waals surface area (Å²) < 4.78 is 41.5. The van der Waals surface area contributed by atoms with Gasteiger partial charge in [0.05, 0.1) is 21.0 Å². The van der Waals surface area contributed by atoms with Gasteiger partial charge in [0.1, 0.15) is 0 Å². The Morgan fingerprint density at radius 1 is 1.09 bits per heavy atom. The molecule has 0 radical (unpaired) electrons. The van der Waals surface area contributed by atoms with Gasteiger partial charge in [0, 0.05) is 37.0 Å². The highest BCUT2D eigenvalue weighted by atomic mass is 79.9. The molecule has 1 atom stereocenters. The molecule has 0 heterocycles. The zero-order valence-corrected chi connectivity index (χ0v) is 21.3. The number of ketones is 1. The van der Waals surface area contributed by atoms with Gasteiger partial charge < -0.3 is 0 Å². The van der Waals surface area contributed by atoms with Crippen molar-refractivity contribution >= 4 is 68.5 Å². The van der Waals surface area contributed by atoms with Crippen LogP contribution in [0.1, 0.15) is 40.2 Å². The van der Waals surface area contributed by atoms with Gasteiger partial charge in [-0.1, -0.05) is 69.0 Å². The third kappa shape index (κ3) is 8.00. The minimum atomic E-state index is -4.60. The first-order valence-corrected chi connectivity index (χ1v) is 11.4. The number of carbonyl (C=O) groups is 2. The quantitative estimate of drug-likeness (QED) is 0.200. The van der Waals surface area contributed by atoms with Crippen LogP contribution in [0.3, 0.4) is 0 Å². The normalized spacial score (nSPS) is 12.9. The zero-order chi connectivity index (χ0) is 24.9. The van der Waals surface area contributed by atoms with Crippen LogP contribution in [0.15, 0.2) is 40.9 Å². The van der Waals surface area contributed by atoms with Gasteiger partial charge in [0.25, 0.3) is 0 Å². The lowest BCUT2D eigenvalue weighted by Crippen LogP contribution is -2.36. The maximum atomic E-state index is 13.7. The van der Waals surface area contributed by atoms with Crippen LogP contribution in [0, 0.1) is 0 Å². The molecule has 4 nitrogen and oxygen atoms in total. The maximum Gasteiger partial charge on any atom is 0.399 e. The van der Waals surface area contributed by atoms with Gasteiger partial charge in [-0.2, -0.15) is 13.2 Å². The van der Waals surface area contributed by atoms with E-state index in [1.807, 2.05) is 0 Å². The molecular formula is C22H19BrCl3F3N2O2. The molecule has 0 saturated heterocycles. The van der Waals surface area contributed by atoms with Crippen molar-refractivity contribution in [1.29, 1.82) is 0 Å². The van der Waals surface area contributed by atoms with E-state index in [0.717, 1.165) is 18.2 Å². The topological polar surface area (TPSA) is 49.4 Å². The fraction of sp³-hybridized carbons (Fsp3) is 0.273. The highest BCUT2D eigenvalue weighted by molar-refractivity contribution is 9.10. The van der Waals surface area contributed by atoms with Gasteiger partial charge in [-0.3, -0.25) is 15.0 Å². The molecular weight excluding hydrogens is 568 g/mol. The summed E-state index contributed by atoms with van der Waals surface area (Å²) in [5, 5.41) is 1.30. The first-order valence-electron chi connectivity index (χ1n) is 9.48. The van der Waals surface area contributed by atoms with Crippen molar-refractivity contribution in [3.05, 3.63) is 72.6 Å². The number of rotatable bonds is 8. The second-order valence-electron chi connectivity index (χ2n) is 7.27. The standard InChI is InChI=1S/C22H19BrCl3F3N2O2/c1-31(2)30-20(33)8-7-19(32)14-5-3-12(9-16(14)23)4-6-15(22(27,28)29)13-10-17(24)21(26)18(25)11-13/h3-6,9-11,15H,7-8H2,1-2H3,(H,30,33)/b6-4+. The van der Waals surface area contributed by atoms with E-state index in [4.69, 9.17) is 34.8 Å². The maximum absolute atomic E-state index is 13.7. The van der Waals surface area contributed by atoms with Crippen LogP contribution in [0.5, 0.6) is 0 Å². The molecule has 178 valence electrons. The fourth-order valence-electron chi connectivity index (χ4n) is 2.90. The van der Waals surface area contributed by atoms with E-state index in [-0.39, 0.29) is 45.2 Å². The van der Waals surface area contributed by atoms with Crippen molar-refractivity contribution in [1.82, 2.24) is 10.4 Å². The molecule has 2 rings (SSSR count). The predicted octanol–water partition coefficient (Wildman–Crippen LogP) is 7.32. The molecule has 2 aromatic carbocycles. The van der Waals surface area contributed by atoms with E-state index < -0.39 is 12.1 Å². The molecule has 2 aromatic rings. The zero-order valence-electron chi connectivity index (χ0n) is 17.4. The fourth-order valence-corrected chi connectivity index (χ4v) is 4.13. The van der Waals surface area contributed by atoms with Crippen molar-refractivity contribution in [3.8, 4) is 0 Å². The molecule has 1 amide bonds. The molecule has 0 saturated carbocycles. The summed E-state index contributed by atoms with van der Waals surface area (Å²) in [4.78, 5) is 24.1. The average Bonchev–Trinajstić information content (AvgIpc) is 2.69. The SMILES string of the molecule is CN(C)NC(=O)CCC(=O)c1ccc(/C=C/C(c2cc(Cl)c(Cl)c(Cl)c2)C(F)(F)F)cc1Br. The van der Waals surface area contributed by atoms with Crippen LogP contribution in [-0.4, -0.2) is 37.0 Å². The highest BCUT2D eigenvalue weighted by Crippen LogP contribution is 2.41.